The quantitative estimate of drug-likeness (QED) is 0.691. The van der Waals surface area contributed by atoms with Gasteiger partial charge in [0.25, 0.3) is 0 Å². The van der Waals surface area contributed by atoms with Crippen molar-refractivity contribution >= 4 is 27.3 Å². The van der Waals surface area contributed by atoms with Crippen LogP contribution in [0.1, 0.15) is 39.9 Å². The van der Waals surface area contributed by atoms with Crippen LogP contribution in [0.2, 0.25) is 0 Å². The lowest BCUT2D eigenvalue weighted by molar-refractivity contribution is 0.506. The van der Waals surface area contributed by atoms with Crippen molar-refractivity contribution in [3.63, 3.8) is 0 Å². The molecule has 2 atom stereocenters. The highest BCUT2D eigenvalue weighted by Gasteiger charge is 2.33. The summed E-state index contributed by atoms with van der Waals surface area (Å²) >= 11 is 5.82. The molecule has 0 bridgehead atoms. The number of hydrogen-bond acceptors (Lipinski definition) is 1. The Morgan fingerprint density at radius 3 is 2.50 bits per heavy atom. The molecule has 1 aliphatic rings. The first-order valence-corrected chi connectivity index (χ1v) is 7.04. The van der Waals surface area contributed by atoms with Gasteiger partial charge in [-0.25, -0.2) is 0 Å². The summed E-state index contributed by atoms with van der Waals surface area (Å²) in [6.07, 6.45) is 2.87. The summed E-state index contributed by atoms with van der Waals surface area (Å²) in [6.45, 7) is 6.81. The molecule has 1 aromatic rings. The highest BCUT2D eigenvalue weighted by molar-refractivity contribution is 9.09. The van der Waals surface area contributed by atoms with Crippen molar-refractivity contribution in [2.45, 2.75) is 38.4 Å². The van der Waals surface area contributed by atoms with Crippen molar-refractivity contribution in [3.8, 4) is 0 Å². The lowest BCUT2D eigenvalue weighted by Crippen LogP contribution is -2.04. The zero-order chi connectivity index (χ0) is 10.3. The smallest absolute Gasteiger partial charge is 0.0520 e. The first-order valence-electron chi connectivity index (χ1n) is 5.30. The Labute approximate surface area is 98.9 Å². The second-order valence-corrected chi connectivity index (χ2v) is 6.78. The topological polar surface area (TPSA) is 0 Å². The van der Waals surface area contributed by atoms with Crippen molar-refractivity contribution in [3.05, 3.63) is 21.4 Å². The van der Waals surface area contributed by atoms with E-state index in [9.17, 15) is 0 Å². The molecule has 1 saturated carbocycles. The number of rotatable bonds is 3. The molecule has 1 aliphatic carbocycles. The summed E-state index contributed by atoms with van der Waals surface area (Å²) in [7, 11) is 0. The minimum absolute atomic E-state index is 0.577. The summed E-state index contributed by atoms with van der Waals surface area (Å²) in [5.41, 5.74) is 1.46. The second kappa shape index (κ2) is 3.97. The minimum Gasteiger partial charge on any atom is -0.144 e. The van der Waals surface area contributed by atoms with Crippen LogP contribution in [0.4, 0.5) is 0 Å². The van der Waals surface area contributed by atoms with E-state index < -0.39 is 0 Å². The van der Waals surface area contributed by atoms with Crippen LogP contribution in [-0.2, 0) is 0 Å². The molecule has 1 aromatic heterocycles. The number of alkyl halides is 1. The SMILES string of the molecule is Cc1cc(C)c(C(Br)C(C)C2CC2)s1. The maximum Gasteiger partial charge on any atom is 0.0520 e. The van der Waals surface area contributed by atoms with Crippen LogP contribution in [0.15, 0.2) is 6.07 Å². The number of hydrogen-bond donors (Lipinski definition) is 0. The average Bonchev–Trinajstić information content (AvgIpc) is 2.90. The predicted molar refractivity (Wildman–Crippen MR) is 67.3 cm³/mol. The molecule has 1 heterocycles. The van der Waals surface area contributed by atoms with Gasteiger partial charge in [-0.3, -0.25) is 0 Å². The van der Waals surface area contributed by atoms with Gasteiger partial charge in [0.2, 0.25) is 0 Å². The molecule has 0 aromatic carbocycles. The van der Waals surface area contributed by atoms with Gasteiger partial charge in [0.15, 0.2) is 0 Å². The monoisotopic (exact) mass is 272 g/mol. The Kier molecular flexibility index (Phi) is 3.03. The van der Waals surface area contributed by atoms with Crippen molar-refractivity contribution in [1.29, 1.82) is 0 Å². The van der Waals surface area contributed by atoms with Gasteiger partial charge in [-0.05, 0) is 50.2 Å². The normalized spacial score (nSPS) is 20.9. The summed E-state index contributed by atoms with van der Waals surface area (Å²) in [6, 6.07) is 2.30. The molecule has 14 heavy (non-hydrogen) atoms. The molecule has 0 saturated heterocycles. The Morgan fingerprint density at radius 2 is 2.07 bits per heavy atom. The van der Waals surface area contributed by atoms with E-state index in [1.54, 1.807) is 4.88 Å². The third-order valence-electron chi connectivity index (χ3n) is 3.16. The minimum atomic E-state index is 0.577. The number of halogens is 1. The fourth-order valence-corrected chi connectivity index (χ4v) is 4.24. The van der Waals surface area contributed by atoms with Gasteiger partial charge in [-0.1, -0.05) is 22.9 Å². The molecular weight excluding hydrogens is 256 g/mol. The van der Waals surface area contributed by atoms with E-state index in [1.165, 1.54) is 23.3 Å². The van der Waals surface area contributed by atoms with E-state index in [2.05, 4.69) is 42.8 Å². The summed E-state index contributed by atoms with van der Waals surface area (Å²) in [5.74, 6) is 1.77. The summed E-state index contributed by atoms with van der Waals surface area (Å²) in [4.78, 5) is 3.56. The van der Waals surface area contributed by atoms with Crippen LogP contribution >= 0.6 is 27.3 Å². The Bertz CT molecular complexity index is 325. The van der Waals surface area contributed by atoms with Crippen molar-refractivity contribution < 1.29 is 0 Å². The molecule has 0 N–H and O–H groups in total. The summed E-state index contributed by atoms with van der Waals surface area (Å²) < 4.78 is 0. The standard InChI is InChI=1S/C12H17BrS/c1-7-6-8(2)14-12(7)11(13)9(3)10-4-5-10/h6,9-11H,4-5H2,1-3H3. The third kappa shape index (κ3) is 2.06. The van der Waals surface area contributed by atoms with Gasteiger partial charge in [-0.2, -0.15) is 0 Å². The molecule has 0 nitrogen and oxygen atoms in total. The van der Waals surface area contributed by atoms with Crippen LogP contribution < -0.4 is 0 Å². The molecule has 2 heteroatoms. The van der Waals surface area contributed by atoms with E-state index in [1.807, 2.05) is 11.3 Å². The zero-order valence-electron chi connectivity index (χ0n) is 9.01. The molecule has 0 spiro atoms. The fraction of sp³-hybridized carbons (Fsp3) is 0.667. The number of aryl methyl sites for hydroxylation is 2. The fourth-order valence-electron chi connectivity index (χ4n) is 2.03. The Balaban J connectivity index is 2.16. The Hall–Kier alpha value is 0.180. The van der Waals surface area contributed by atoms with Crippen LogP contribution in [0.5, 0.6) is 0 Å². The lowest BCUT2D eigenvalue weighted by atomic mass is 10.00. The molecule has 0 amide bonds. The van der Waals surface area contributed by atoms with Gasteiger partial charge < -0.3 is 0 Å². The van der Waals surface area contributed by atoms with Crippen LogP contribution in [-0.4, -0.2) is 0 Å². The highest BCUT2D eigenvalue weighted by atomic mass is 79.9. The molecule has 0 radical (unpaired) electrons. The summed E-state index contributed by atoms with van der Waals surface area (Å²) in [5, 5.41) is 0. The largest absolute Gasteiger partial charge is 0.144 e. The maximum atomic E-state index is 3.87. The second-order valence-electron chi connectivity index (χ2n) is 4.50. The Morgan fingerprint density at radius 1 is 1.43 bits per heavy atom. The van der Waals surface area contributed by atoms with Gasteiger partial charge in [-0.15, -0.1) is 11.3 Å². The van der Waals surface area contributed by atoms with Gasteiger partial charge in [0.05, 0.1) is 4.83 Å². The van der Waals surface area contributed by atoms with E-state index in [0.29, 0.717) is 4.83 Å². The van der Waals surface area contributed by atoms with Crippen LogP contribution in [0, 0.1) is 25.7 Å². The first kappa shape index (κ1) is 10.7. The van der Waals surface area contributed by atoms with Crippen molar-refractivity contribution in [1.82, 2.24) is 0 Å². The van der Waals surface area contributed by atoms with E-state index in [0.717, 1.165) is 11.8 Å². The molecule has 78 valence electrons. The highest BCUT2D eigenvalue weighted by Crippen LogP contribution is 2.48. The maximum absolute atomic E-state index is 3.87. The number of thiophene rings is 1. The zero-order valence-corrected chi connectivity index (χ0v) is 11.4. The molecule has 2 rings (SSSR count). The van der Waals surface area contributed by atoms with E-state index in [4.69, 9.17) is 0 Å². The van der Waals surface area contributed by atoms with E-state index >= 15 is 0 Å². The van der Waals surface area contributed by atoms with Gasteiger partial charge in [0.1, 0.15) is 0 Å². The van der Waals surface area contributed by atoms with Crippen LogP contribution in [0.3, 0.4) is 0 Å². The van der Waals surface area contributed by atoms with E-state index in [-0.39, 0.29) is 0 Å². The van der Waals surface area contributed by atoms with Crippen molar-refractivity contribution in [2.75, 3.05) is 0 Å². The molecule has 2 unspecified atom stereocenters. The predicted octanol–water partition coefficient (Wildman–Crippen LogP) is 4.85. The van der Waals surface area contributed by atoms with Crippen molar-refractivity contribution in [2.24, 2.45) is 11.8 Å². The molecule has 0 aliphatic heterocycles. The molecule has 1 fully saturated rings. The molecular formula is C12H17BrS. The van der Waals surface area contributed by atoms with Gasteiger partial charge in [0, 0.05) is 9.75 Å². The third-order valence-corrected chi connectivity index (χ3v) is 5.99. The van der Waals surface area contributed by atoms with Gasteiger partial charge >= 0.3 is 0 Å². The lowest BCUT2D eigenvalue weighted by Gasteiger charge is -2.17. The van der Waals surface area contributed by atoms with Crippen LogP contribution in [0.25, 0.3) is 0 Å². The average molecular weight is 273 g/mol. The first-order chi connectivity index (χ1) is 6.59.